The number of nitrogens with one attached hydrogen (secondary N) is 2. The van der Waals surface area contributed by atoms with Gasteiger partial charge in [0.2, 0.25) is 23.6 Å². The van der Waals surface area contributed by atoms with Gasteiger partial charge in [-0.15, -0.1) is 0 Å². The summed E-state index contributed by atoms with van der Waals surface area (Å²) >= 11 is 3.20. The summed E-state index contributed by atoms with van der Waals surface area (Å²) in [5, 5.41) is 6.10. The number of carbonyl (C=O) groups is 6. The number of hydrogen-bond donors (Lipinski definition) is 5. The lowest BCUT2D eigenvalue weighted by molar-refractivity contribution is -0.140. The molecule has 2 aromatic rings. The van der Waals surface area contributed by atoms with Gasteiger partial charge in [0.1, 0.15) is 6.04 Å². The zero-order valence-electron chi connectivity index (χ0n) is 35.3. The Morgan fingerprint density at radius 1 is 0.933 bits per heavy atom. The molecule has 1 fully saturated rings. The van der Waals surface area contributed by atoms with Crippen LogP contribution in [0.5, 0.6) is 0 Å². The van der Waals surface area contributed by atoms with Crippen molar-refractivity contribution >= 4 is 64.7 Å². The molecule has 2 bridgehead atoms. The van der Waals surface area contributed by atoms with Gasteiger partial charge in [-0.1, -0.05) is 69.3 Å². The molecule has 15 heteroatoms. The van der Waals surface area contributed by atoms with Crippen molar-refractivity contribution in [1.82, 2.24) is 15.5 Å². The summed E-state index contributed by atoms with van der Waals surface area (Å²) in [6, 6.07) is 13.8. The maximum atomic E-state index is 14.8. The third-order valence-corrected chi connectivity index (χ3v) is 14.2. The highest BCUT2D eigenvalue weighted by molar-refractivity contribution is 7.98. The third kappa shape index (κ3) is 13.3. The number of carbonyl (C=O) groups excluding carboxylic acids is 6. The zero-order valence-corrected chi connectivity index (χ0v) is 36.9. The van der Waals surface area contributed by atoms with Crippen molar-refractivity contribution in [2.45, 2.75) is 115 Å². The van der Waals surface area contributed by atoms with Crippen LogP contribution in [0.15, 0.2) is 53.5 Å². The summed E-state index contributed by atoms with van der Waals surface area (Å²) in [6.07, 6.45) is 3.75. The molecule has 5 rings (SSSR count). The van der Waals surface area contributed by atoms with E-state index in [1.807, 2.05) is 45.0 Å². The van der Waals surface area contributed by atoms with Gasteiger partial charge in [0.05, 0.1) is 18.0 Å². The summed E-state index contributed by atoms with van der Waals surface area (Å²) in [4.78, 5) is 89.2. The number of rotatable bonds is 11. The van der Waals surface area contributed by atoms with Crippen molar-refractivity contribution in [3.05, 3.63) is 70.8 Å². The molecule has 1 aliphatic carbocycles. The molecule has 60 heavy (non-hydrogen) atoms. The number of nitrogens with two attached hydrogens (primary N) is 3. The van der Waals surface area contributed by atoms with Gasteiger partial charge in [-0.3, -0.25) is 33.8 Å². The fourth-order valence-electron chi connectivity index (χ4n) is 8.56. The van der Waals surface area contributed by atoms with Crippen LogP contribution in [0.1, 0.15) is 94.4 Å². The number of hydrogen-bond acceptors (Lipinski definition) is 9. The van der Waals surface area contributed by atoms with E-state index in [0.29, 0.717) is 56.6 Å². The molecule has 0 radical (unpaired) electrons. The first kappa shape index (κ1) is 46.7. The lowest BCUT2D eigenvalue weighted by atomic mass is 9.76. The number of nitrogens with zero attached hydrogens (tertiary/aromatic N) is 2. The van der Waals surface area contributed by atoms with Crippen LogP contribution in [0.3, 0.4) is 0 Å². The number of amides is 4. The highest BCUT2D eigenvalue weighted by Gasteiger charge is 2.40. The Morgan fingerprint density at radius 3 is 2.35 bits per heavy atom. The van der Waals surface area contributed by atoms with Gasteiger partial charge in [-0.05, 0) is 78.5 Å². The number of guanidine groups is 1. The molecule has 13 nitrogen and oxygen atoms in total. The van der Waals surface area contributed by atoms with E-state index >= 15 is 0 Å². The predicted octanol–water partition coefficient (Wildman–Crippen LogP) is 4.06. The summed E-state index contributed by atoms with van der Waals surface area (Å²) in [7, 11) is 0. The number of aryl methyl sites for hydroxylation is 1. The Bertz CT molecular complexity index is 1900. The Labute approximate surface area is 363 Å². The SMILES string of the molecule is CC(C)(C)[C@H](CC(=O)[C@H](CCCN=C(N)N)NC(=O)[C@@H]1CSCc2cccc(c2)CSCCC(=O)N2CCC[C@H]2C(=O)NC(C2CCc3ccccc3C2)C(=O)C1)C(N)=O. The van der Waals surface area contributed by atoms with Gasteiger partial charge < -0.3 is 32.7 Å². The molecule has 8 N–H and O–H groups in total. The first-order valence-electron chi connectivity index (χ1n) is 21.2. The lowest BCUT2D eigenvalue weighted by Gasteiger charge is -2.34. The van der Waals surface area contributed by atoms with Crippen molar-refractivity contribution in [1.29, 1.82) is 0 Å². The standard InChI is InChI=1S/C45H63N7O6S2/c1-45(2,3)34(41(46)56)24-37(53)35(13-7-18-49-44(47)48)50-42(57)33-23-38(54)40(32-16-15-30-11-4-5-12-31(30)22-32)51-43(58)36-14-8-19-52(36)39(55)17-20-59-25-28-9-6-10-29(21-28)26-60-27-33/h4-6,9-12,21,32-36,40H,7-8,13-20,22-27H2,1-3H3,(H2,46,56)(H,50,57)(H,51,58)(H4,47,48,49)/t32?,33-,34+,35-,36-,40?/m0/s1. The van der Waals surface area contributed by atoms with Crippen LogP contribution in [0, 0.1) is 23.2 Å². The van der Waals surface area contributed by atoms with Gasteiger partial charge in [0, 0.05) is 61.3 Å². The van der Waals surface area contributed by atoms with Crippen molar-refractivity contribution in [3.63, 3.8) is 0 Å². The van der Waals surface area contributed by atoms with Crippen LogP contribution in [-0.4, -0.2) is 88.8 Å². The van der Waals surface area contributed by atoms with E-state index < -0.39 is 47.2 Å². The molecule has 4 amide bonds. The lowest BCUT2D eigenvalue weighted by Crippen LogP contribution is -2.54. The minimum Gasteiger partial charge on any atom is -0.370 e. The first-order chi connectivity index (χ1) is 28.6. The van der Waals surface area contributed by atoms with E-state index in [-0.39, 0.29) is 66.8 Å². The van der Waals surface area contributed by atoms with Gasteiger partial charge in [-0.25, -0.2) is 0 Å². The Morgan fingerprint density at radius 2 is 1.65 bits per heavy atom. The molecule has 2 aliphatic heterocycles. The minimum atomic E-state index is -0.988. The number of aliphatic imine (C=N–C) groups is 1. The quantitative estimate of drug-likeness (QED) is 0.124. The molecule has 0 saturated carbocycles. The first-order valence-corrected chi connectivity index (χ1v) is 23.5. The number of ketones is 2. The van der Waals surface area contributed by atoms with E-state index in [0.717, 1.165) is 28.9 Å². The maximum Gasteiger partial charge on any atom is 0.243 e. The van der Waals surface area contributed by atoms with E-state index in [4.69, 9.17) is 17.2 Å². The van der Waals surface area contributed by atoms with Crippen LogP contribution in [0.25, 0.3) is 0 Å². The van der Waals surface area contributed by atoms with Crippen molar-refractivity contribution < 1.29 is 28.8 Å². The second-order valence-corrected chi connectivity index (χ2v) is 19.6. The molecular weight excluding hydrogens is 799 g/mol. The molecule has 6 atom stereocenters. The zero-order chi connectivity index (χ0) is 43.4. The average Bonchev–Trinajstić information content (AvgIpc) is 3.71. The van der Waals surface area contributed by atoms with Gasteiger partial charge in [0.15, 0.2) is 17.5 Å². The summed E-state index contributed by atoms with van der Waals surface area (Å²) < 4.78 is 0. The largest absolute Gasteiger partial charge is 0.370 e. The molecule has 3 aliphatic rings. The maximum absolute atomic E-state index is 14.8. The molecule has 1 saturated heterocycles. The number of benzene rings is 2. The van der Waals surface area contributed by atoms with E-state index in [2.05, 4.69) is 39.9 Å². The number of fused-ring (bicyclic) bond motifs is 4. The molecule has 2 heterocycles. The molecular formula is C45H63N7O6S2. The van der Waals surface area contributed by atoms with Crippen LogP contribution in [-0.2, 0) is 53.1 Å². The normalized spacial score (nSPS) is 23.1. The van der Waals surface area contributed by atoms with E-state index in [1.54, 1.807) is 16.7 Å². The number of Topliss-reactive ketones (excluding diaryl/α,β-unsaturated/α-hetero) is 2. The Kier molecular flexibility index (Phi) is 17.1. The highest BCUT2D eigenvalue weighted by Crippen LogP contribution is 2.32. The Balaban J connectivity index is 1.46. The van der Waals surface area contributed by atoms with Gasteiger partial charge >= 0.3 is 0 Å². The monoisotopic (exact) mass is 861 g/mol. The molecule has 0 aromatic heterocycles. The van der Waals surface area contributed by atoms with Gasteiger partial charge in [-0.2, -0.15) is 23.5 Å². The molecule has 2 aromatic carbocycles. The Hall–Kier alpha value is -4.37. The van der Waals surface area contributed by atoms with Crippen LogP contribution in [0.2, 0.25) is 0 Å². The fraction of sp³-hybridized carbons (Fsp3) is 0.578. The fourth-order valence-corrected chi connectivity index (χ4v) is 10.5. The van der Waals surface area contributed by atoms with Crippen LogP contribution in [0.4, 0.5) is 0 Å². The summed E-state index contributed by atoms with van der Waals surface area (Å²) in [5.41, 5.74) is 20.8. The summed E-state index contributed by atoms with van der Waals surface area (Å²) in [5.74, 6) is -1.83. The molecule has 326 valence electrons. The van der Waals surface area contributed by atoms with E-state index in [1.165, 1.54) is 17.3 Å². The second kappa shape index (κ2) is 21.9. The van der Waals surface area contributed by atoms with Crippen molar-refractivity contribution in [2.24, 2.45) is 45.4 Å². The second-order valence-electron chi connectivity index (χ2n) is 17.5. The van der Waals surface area contributed by atoms with E-state index in [9.17, 15) is 28.8 Å². The predicted molar refractivity (Wildman–Crippen MR) is 239 cm³/mol. The summed E-state index contributed by atoms with van der Waals surface area (Å²) in [6.45, 7) is 6.23. The van der Waals surface area contributed by atoms with Crippen molar-refractivity contribution in [2.75, 3.05) is 24.6 Å². The highest BCUT2D eigenvalue weighted by atomic mass is 32.2. The minimum absolute atomic E-state index is 0.0681. The van der Waals surface area contributed by atoms with Crippen LogP contribution < -0.4 is 27.8 Å². The third-order valence-electron chi connectivity index (χ3n) is 11.9. The van der Waals surface area contributed by atoms with Crippen molar-refractivity contribution in [3.8, 4) is 0 Å². The number of thioether (sulfide) groups is 2. The topological polar surface area (TPSA) is 220 Å². The number of primary amides is 1. The molecule has 0 spiro atoms. The average molecular weight is 862 g/mol. The smallest absolute Gasteiger partial charge is 0.243 e. The van der Waals surface area contributed by atoms with Gasteiger partial charge in [0.25, 0.3) is 0 Å². The van der Waals surface area contributed by atoms with Crippen LogP contribution >= 0.6 is 23.5 Å². The molecule has 2 unspecified atom stereocenters.